The molecule has 176 valence electrons. The molecule has 1 N–H and O–H groups in total. The number of aromatic nitrogens is 3. The summed E-state index contributed by atoms with van der Waals surface area (Å²) in [7, 11) is 1.69. The molecular formula is C26H33ClN3O2S+. The summed E-state index contributed by atoms with van der Waals surface area (Å²) < 4.78 is 7.68. The van der Waals surface area contributed by atoms with E-state index in [0.717, 1.165) is 56.6 Å². The number of methoxy groups -OCH3 is 1. The predicted octanol–water partition coefficient (Wildman–Crippen LogP) is 5.55. The number of Topliss-reactive ketones (excluding diaryl/α,β-unsaturated/α-hetero) is 1. The second-order valence-corrected chi connectivity index (χ2v) is 12.6. The standard InChI is InChI=1S/C26H33ClN3O2S/c1-15-20(13-33-14-24(2,3)27)30(10-9-21(15)32-8)23-28-18-11-16-17(12-19(18)29-23)26(6,7)22(31)25(16,4)5/h9-12H,13-14H2,1-8H3,(H,28,29)/q+1. The van der Waals surface area contributed by atoms with Crippen molar-refractivity contribution in [3.8, 4) is 11.7 Å². The number of benzene rings is 1. The third-order valence-electron chi connectivity index (χ3n) is 6.69. The van der Waals surface area contributed by atoms with Gasteiger partial charge in [-0.05, 0) is 71.7 Å². The molecule has 1 aromatic carbocycles. The van der Waals surface area contributed by atoms with Gasteiger partial charge in [0.2, 0.25) is 0 Å². The molecule has 0 atom stereocenters. The van der Waals surface area contributed by atoms with Gasteiger partial charge < -0.3 is 4.74 Å². The van der Waals surface area contributed by atoms with Crippen LogP contribution in [-0.2, 0) is 21.4 Å². The van der Waals surface area contributed by atoms with E-state index in [1.54, 1.807) is 18.9 Å². The fourth-order valence-electron chi connectivity index (χ4n) is 4.89. The van der Waals surface area contributed by atoms with Crippen molar-refractivity contribution in [3.63, 3.8) is 0 Å². The van der Waals surface area contributed by atoms with Crippen molar-refractivity contribution in [2.75, 3.05) is 12.9 Å². The van der Waals surface area contributed by atoms with Gasteiger partial charge in [0.25, 0.3) is 0 Å². The predicted molar refractivity (Wildman–Crippen MR) is 136 cm³/mol. The van der Waals surface area contributed by atoms with Gasteiger partial charge in [-0.2, -0.15) is 11.8 Å². The Morgan fingerprint density at radius 1 is 1.18 bits per heavy atom. The minimum absolute atomic E-state index is 0.250. The summed E-state index contributed by atoms with van der Waals surface area (Å²) >= 11 is 8.21. The topological polar surface area (TPSA) is 58.9 Å². The number of ether oxygens (including phenoxy) is 1. The van der Waals surface area contributed by atoms with E-state index in [-0.39, 0.29) is 10.7 Å². The molecule has 0 spiro atoms. The van der Waals surface area contributed by atoms with Crippen molar-refractivity contribution in [2.45, 2.75) is 69.9 Å². The highest BCUT2D eigenvalue weighted by Gasteiger charge is 2.50. The zero-order valence-electron chi connectivity index (χ0n) is 20.7. The molecule has 0 saturated heterocycles. The van der Waals surface area contributed by atoms with Crippen LogP contribution in [0.1, 0.15) is 63.9 Å². The summed E-state index contributed by atoms with van der Waals surface area (Å²) in [6.45, 7) is 14.2. The van der Waals surface area contributed by atoms with Gasteiger partial charge in [-0.15, -0.1) is 11.6 Å². The highest BCUT2D eigenvalue weighted by molar-refractivity contribution is 7.98. The van der Waals surface area contributed by atoms with Gasteiger partial charge in [-0.3, -0.25) is 4.79 Å². The number of hydrogen-bond acceptors (Lipinski definition) is 4. The molecule has 3 aromatic rings. The Bertz CT molecular complexity index is 1200. The molecule has 0 fully saturated rings. The van der Waals surface area contributed by atoms with Crippen molar-refractivity contribution in [1.29, 1.82) is 0 Å². The highest BCUT2D eigenvalue weighted by atomic mass is 35.5. The number of aromatic amines is 1. The first-order chi connectivity index (χ1) is 15.3. The summed E-state index contributed by atoms with van der Waals surface area (Å²) in [6, 6.07) is 6.15. The van der Waals surface area contributed by atoms with Crippen LogP contribution in [0, 0.1) is 6.92 Å². The lowest BCUT2D eigenvalue weighted by atomic mass is 9.80. The maximum absolute atomic E-state index is 13.0. The van der Waals surface area contributed by atoms with E-state index in [1.807, 2.05) is 53.8 Å². The third kappa shape index (κ3) is 4.06. The molecule has 4 rings (SSSR count). The molecule has 0 aliphatic heterocycles. The molecule has 0 radical (unpaired) electrons. The van der Waals surface area contributed by atoms with E-state index in [0.29, 0.717) is 0 Å². The maximum atomic E-state index is 13.0. The molecular weight excluding hydrogens is 454 g/mol. The third-order valence-corrected chi connectivity index (χ3v) is 8.39. The van der Waals surface area contributed by atoms with Crippen LogP contribution in [-0.4, -0.2) is 33.5 Å². The van der Waals surface area contributed by atoms with E-state index in [2.05, 4.69) is 28.6 Å². The average molecular weight is 487 g/mol. The number of alkyl halides is 1. The zero-order valence-corrected chi connectivity index (χ0v) is 22.3. The number of hydrogen-bond donors (Lipinski definition) is 1. The minimum Gasteiger partial charge on any atom is -0.496 e. The van der Waals surface area contributed by atoms with Gasteiger partial charge in [-0.25, -0.2) is 9.55 Å². The number of imidazole rings is 1. The Morgan fingerprint density at radius 3 is 2.42 bits per heavy atom. The lowest BCUT2D eigenvalue weighted by Gasteiger charge is -2.21. The molecule has 0 bridgehead atoms. The van der Waals surface area contributed by atoms with E-state index in [4.69, 9.17) is 21.3 Å². The van der Waals surface area contributed by atoms with Gasteiger partial charge in [-0.1, -0.05) is 4.98 Å². The SMILES string of the molecule is COc1cc[n+](-c2nc3cc4c(cc3[nH]2)C(C)(C)C(=O)C4(C)C)c(CSCC(C)(C)Cl)c1C. The van der Waals surface area contributed by atoms with Crippen LogP contribution >= 0.6 is 23.4 Å². The number of carbonyl (C=O) groups excluding carboxylic acids is 1. The maximum Gasteiger partial charge on any atom is 0.402 e. The van der Waals surface area contributed by atoms with Gasteiger partial charge in [0, 0.05) is 38.8 Å². The molecule has 1 aliphatic rings. The average Bonchev–Trinajstić information content (AvgIpc) is 3.19. The number of halogens is 1. The van der Waals surface area contributed by atoms with Crippen LogP contribution in [0.4, 0.5) is 0 Å². The first-order valence-corrected chi connectivity index (χ1v) is 12.8. The van der Waals surface area contributed by atoms with Crippen molar-refractivity contribution in [3.05, 3.63) is 46.8 Å². The Hall–Kier alpha value is -2.05. The Morgan fingerprint density at radius 2 is 1.82 bits per heavy atom. The first kappa shape index (κ1) is 24.1. The lowest BCUT2D eigenvalue weighted by molar-refractivity contribution is -0.610. The molecule has 0 saturated carbocycles. The molecule has 33 heavy (non-hydrogen) atoms. The number of carbonyl (C=O) groups is 1. The smallest absolute Gasteiger partial charge is 0.402 e. The number of fused-ring (bicyclic) bond motifs is 2. The van der Waals surface area contributed by atoms with Crippen molar-refractivity contribution in [2.24, 2.45) is 0 Å². The minimum atomic E-state index is -0.522. The fourth-order valence-corrected chi connectivity index (χ4v) is 6.25. The van der Waals surface area contributed by atoms with Gasteiger partial charge in [0.15, 0.2) is 11.3 Å². The summed E-state index contributed by atoms with van der Waals surface area (Å²) in [5.41, 5.74) is 5.10. The van der Waals surface area contributed by atoms with Gasteiger partial charge in [0.05, 0.1) is 13.3 Å². The normalized spacial score (nSPS) is 16.9. The Labute approximate surface area is 205 Å². The van der Waals surface area contributed by atoms with Gasteiger partial charge in [0.1, 0.15) is 17.0 Å². The zero-order chi connectivity index (χ0) is 24.3. The summed E-state index contributed by atoms with van der Waals surface area (Å²) in [5, 5.41) is 0. The van der Waals surface area contributed by atoms with Crippen molar-refractivity contribution >= 4 is 40.2 Å². The second kappa shape index (κ2) is 8.02. The number of thioether (sulfide) groups is 1. The van der Waals surface area contributed by atoms with E-state index >= 15 is 0 Å². The molecule has 0 unspecified atom stereocenters. The van der Waals surface area contributed by atoms with Crippen LogP contribution in [0.5, 0.6) is 5.75 Å². The van der Waals surface area contributed by atoms with Crippen LogP contribution < -0.4 is 9.30 Å². The number of nitrogens with zero attached hydrogens (tertiary/aromatic N) is 2. The second-order valence-electron chi connectivity index (χ2n) is 10.6. The molecule has 5 nitrogen and oxygen atoms in total. The van der Waals surface area contributed by atoms with Crippen molar-refractivity contribution in [1.82, 2.24) is 9.97 Å². The molecule has 2 heterocycles. The lowest BCUT2D eigenvalue weighted by Crippen LogP contribution is -2.37. The molecule has 7 heteroatoms. The molecule has 0 amide bonds. The van der Waals surface area contributed by atoms with Crippen molar-refractivity contribution < 1.29 is 14.1 Å². The fraction of sp³-hybridized carbons (Fsp3) is 0.500. The molecule has 1 aliphatic carbocycles. The largest absolute Gasteiger partial charge is 0.496 e. The molecule has 2 aromatic heterocycles. The van der Waals surface area contributed by atoms with Crippen LogP contribution in [0.3, 0.4) is 0 Å². The Balaban J connectivity index is 1.82. The number of pyridine rings is 1. The van der Waals surface area contributed by atoms with Gasteiger partial charge >= 0.3 is 5.95 Å². The van der Waals surface area contributed by atoms with E-state index in [1.165, 1.54) is 0 Å². The number of rotatable bonds is 6. The van der Waals surface area contributed by atoms with E-state index < -0.39 is 10.8 Å². The summed E-state index contributed by atoms with van der Waals surface area (Å²) in [4.78, 5) is 21.2. The van der Waals surface area contributed by atoms with Crippen LogP contribution in [0.2, 0.25) is 0 Å². The number of ketones is 1. The quantitative estimate of drug-likeness (QED) is 0.367. The van der Waals surface area contributed by atoms with Crippen LogP contribution in [0.25, 0.3) is 17.0 Å². The monoisotopic (exact) mass is 486 g/mol. The Kier molecular flexibility index (Phi) is 5.85. The first-order valence-electron chi connectivity index (χ1n) is 11.2. The summed E-state index contributed by atoms with van der Waals surface area (Å²) in [6.07, 6.45) is 2.00. The highest BCUT2D eigenvalue weighted by Crippen LogP contribution is 2.47. The number of H-pyrrole nitrogens is 1. The van der Waals surface area contributed by atoms with Crippen LogP contribution in [0.15, 0.2) is 24.4 Å². The van der Waals surface area contributed by atoms with E-state index in [9.17, 15) is 4.79 Å². The summed E-state index contributed by atoms with van der Waals surface area (Å²) in [5.74, 6) is 3.46. The number of nitrogens with one attached hydrogen (secondary N) is 1.